The molecule has 1 aromatic carbocycles. The molecule has 0 aliphatic heterocycles. The van der Waals surface area contributed by atoms with Crippen LogP contribution in [0.3, 0.4) is 0 Å². The zero-order chi connectivity index (χ0) is 13.7. The van der Waals surface area contributed by atoms with E-state index in [0.717, 1.165) is 5.69 Å². The maximum absolute atomic E-state index is 12.4. The first-order valence-corrected chi connectivity index (χ1v) is 6.98. The normalized spacial score (nSPS) is 12.1. The molecule has 0 unspecified atom stereocenters. The van der Waals surface area contributed by atoms with Gasteiger partial charge in [0.25, 0.3) is 0 Å². The second-order valence-electron chi connectivity index (χ2n) is 3.97. The molecule has 0 aliphatic carbocycles. The number of hydrogen-bond acceptors (Lipinski definition) is 4. The number of amides is 1. The van der Waals surface area contributed by atoms with Crippen molar-refractivity contribution in [1.82, 2.24) is 15.2 Å². The van der Waals surface area contributed by atoms with Crippen LogP contribution in [0.15, 0.2) is 41.8 Å². The lowest BCUT2D eigenvalue weighted by Gasteiger charge is -2.23. The van der Waals surface area contributed by atoms with E-state index in [-0.39, 0.29) is 11.2 Å². The molecule has 1 heterocycles. The summed E-state index contributed by atoms with van der Waals surface area (Å²) >= 11 is 1.38. The average Bonchev–Trinajstić information content (AvgIpc) is 2.93. The number of carbonyl (C=O) groups is 1. The highest BCUT2D eigenvalue weighted by atomic mass is 32.2. The van der Waals surface area contributed by atoms with Crippen molar-refractivity contribution in [2.45, 2.75) is 24.3 Å². The summed E-state index contributed by atoms with van der Waals surface area (Å²) in [7, 11) is 0. The lowest BCUT2D eigenvalue weighted by atomic mass is 10.2. The second kappa shape index (κ2) is 6.38. The molecule has 5 nitrogen and oxygen atoms in total. The number of nitrogens with zero attached hydrogens (tertiary/aromatic N) is 3. The van der Waals surface area contributed by atoms with Crippen molar-refractivity contribution in [2.24, 2.45) is 0 Å². The third kappa shape index (κ3) is 3.35. The van der Waals surface area contributed by atoms with Gasteiger partial charge < -0.3 is 4.90 Å². The predicted molar refractivity (Wildman–Crippen MR) is 76.2 cm³/mol. The van der Waals surface area contributed by atoms with Gasteiger partial charge in [-0.1, -0.05) is 30.0 Å². The van der Waals surface area contributed by atoms with E-state index in [2.05, 4.69) is 15.2 Å². The molecule has 0 saturated heterocycles. The van der Waals surface area contributed by atoms with E-state index >= 15 is 0 Å². The molecule has 1 amide bonds. The van der Waals surface area contributed by atoms with Gasteiger partial charge in [0.1, 0.15) is 6.33 Å². The van der Waals surface area contributed by atoms with Gasteiger partial charge in [-0.05, 0) is 26.0 Å². The molecule has 6 heteroatoms. The predicted octanol–water partition coefficient (Wildman–Crippen LogP) is 2.34. The van der Waals surface area contributed by atoms with Gasteiger partial charge in [0, 0.05) is 12.2 Å². The maximum atomic E-state index is 12.4. The van der Waals surface area contributed by atoms with Crippen molar-refractivity contribution in [3.05, 3.63) is 36.7 Å². The Kier molecular flexibility index (Phi) is 4.57. The second-order valence-corrected chi connectivity index (χ2v) is 5.30. The van der Waals surface area contributed by atoms with Gasteiger partial charge in [-0.2, -0.15) is 5.10 Å². The van der Waals surface area contributed by atoms with Gasteiger partial charge in [0.05, 0.1) is 5.25 Å². The molecular formula is C13H16N4OS. The molecule has 2 rings (SSSR count). The first-order chi connectivity index (χ1) is 9.22. The molecule has 0 saturated carbocycles. The van der Waals surface area contributed by atoms with Crippen LogP contribution in [0.1, 0.15) is 13.8 Å². The van der Waals surface area contributed by atoms with Gasteiger partial charge >= 0.3 is 0 Å². The van der Waals surface area contributed by atoms with E-state index < -0.39 is 0 Å². The van der Waals surface area contributed by atoms with E-state index in [1.807, 2.05) is 44.2 Å². The van der Waals surface area contributed by atoms with Crippen molar-refractivity contribution in [2.75, 3.05) is 11.4 Å². The molecule has 2 aromatic rings. The van der Waals surface area contributed by atoms with Crippen LogP contribution in [0.25, 0.3) is 0 Å². The fraction of sp³-hybridized carbons (Fsp3) is 0.308. The minimum Gasteiger partial charge on any atom is -0.312 e. The highest BCUT2D eigenvalue weighted by molar-refractivity contribution is 8.00. The van der Waals surface area contributed by atoms with Crippen LogP contribution in [0.5, 0.6) is 0 Å². The minimum absolute atomic E-state index is 0.0649. The lowest BCUT2D eigenvalue weighted by Crippen LogP contribution is -2.36. The third-order valence-corrected chi connectivity index (χ3v) is 3.65. The number of anilines is 1. The molecule has 1 N–H and O–H groups in total. The number of thioether (sulfide) groups is 1. The zero-order valence-corrected chi connectivity index (χ0v) is 11.7. The average molecular weight is 276 g/mol. The van der Waals surface area contributed by atoms with Crippen LogP contribution in [0.2, 0.25) is 0 Å². The summed E-state index contributed by atoms with van der Waals surface area (Å²) in [5, 5.41) is 6.97. The minimum atomic E-state index is -0.215. The van der Waals surface area contributed by atoms with E-state index in [4.69, 9.17) is 0 Å². The fourth-order valence-electron chi connectivity index (χ4n) is 1.76. The largest absolute Gasteiger partial charge is 0.312 e. The Labute approximate surface area is 116 Å². The number of hydrogen-bond donors (Lipinski definition) is 1. The number of aromatic nitrogens is 3. The van der Waals surface area contributed by atoms with Crippen LogP contribution >= 0.6 is 11.8 Å². The number of benzene rings is 1. The Morgan fingerprint density at radius 3 is 2.74 bits per heavy atom. The van der Waals surface area contributed by atoms with Gasteiger partial charge in [-0.3, -0.25) is 9.89 Å². The molecule has 0 aliphatic rings. The number of carbonyl (C=O) groups excluding carboxylic acids is 1. The monoisotopic (exact) mass is 276 g/mol. The summed E-state index contributed by atoms with van der Waals surface area (Å²) in [5.41, 5.74) is 0.917. The van der Waals surface area contributed by atoms with Crippen LogP contribution in [-0.4, -0.2) is 32.9 Å². The number of nitrogens with one attached hydrogen (secondary N) is 1. The van der Waals surface area contributed by atoms with Crippen molar-refractivity contribution in [3.63, 3.8) is 0 Å². The molecular weight excluding hydrogens is 260 g/mol. The molecule has 100 valence electrons. The number of aromatic amines is 1. The van der Waals surface area contributed by atoms with Gasteiger partial charge in [0.2, 0.25) is 5.91 Å². The summed E-state index contributed by atoms with van der Waals surface area (Å²) < 4.78 is 0. The number of H-pyrrole nitrogens is 1. The van der Waals surface area contributed by atoms with E-state index in [0.29, 0.717) is 11.7 Å². The molecule has 1 aromatic heterocycles. The first-order valence-electron chi connectivity index (χ1n) is 6.10. The van der Waals surface area contributed by atoms with Gasteiger partial charge in [-0.25, -0.2) is 4.98 Å². The van der Waals surface area contributed by atoms with Crippen molar-refractivity contribution >= 4 is 23.4 Å². The van der Waals surface area contributed by atoms with Crippen LogP contribution < -0.4 is 4.90 Å². The Bertz CT molecular complexity index is 515. The zero-order valence-electron chi connectivity index (χ0n) is 10.9. The van der Waals surface area contributed by atoms with Crippen LogP contribution in [-0.2, 0) is 4.79 Å². The summed E-state index contributed by atoms with van der Waals surface area (Å²) in [5.74, 6) is 0.0649. The first kappa shape index (κ1) is 13.6. The Morgan fingerprint density at radius 2 is 2.16 bits per heavy atom. The highest BCUT2D eigenvalue weighted by Crippen LogP contribution is 2.23. The van der Waals surface area contributed by atoms with E-state index in [1.165, 1.54) is 18.1 Å². The Balaban J connectivity index is 2.08. The van der Waals surface area contributed by atoms with Crippen LogP contribution in [0.4, 0.5) is 5.69 Å². The fourth-order valence-corrected chi connectivity index (χ4v) is 2.54. The third-order valence-electron chi connectivity index (χ3n) is 2.68. The number of rotatable bonds is 5. The van der Waals surface area contributed by atoms with Gasteiger partial charge in [0.15, 0.2) is 5.16 Å². The summed E-state index contributed by atoms with van der Waals surface area (Å²) in [6, 6.07) is 9.67. The lowest BCUT2D eigenvalue weighted by molar-refractivity contribution is -0.117. The Hall–Kier alpha value is -1.82. The van der Waals surface area contributed by atoms with Crippen molar-refractivity contribution in [1.29, 1.82) is 0 Å². The molecule has 1 atom stereocenters. The summed E-state index contributed by atoms with van der Waals surface area (Å²) in [6.45, 7) is 4.49. The highest BCUT2D eigenvalue weighted by Gasteiger charge is 2.22. The topological polar surface area (TPSA) is 61.9 Å². The molecule has 0 spiro atoms. The van der Waals surface area contributed by atoms with Crippen molar-refractivity contribution in [3.8, 4) is 0 Å². The molecule has 0 radical (unpaired) electrons. The SMILES string of the molecule is CCN(C(=O)[C@@H](C)Sc1ncn[nH]1)c1ccccc1. The van der Waals surface area contributed by atoms with Gasteiger partial charge in [-0.15, -0.1) is 0 Å². The smallest absolute Gasteiger partial charge is 0.240 e. The molecule has 0 bridgehead atoms. The maximum Gasteiger partial charge on any atom is 0.240 e. The standard InChI is InChI=1S/C13H16N4OS/c1-3-17(11-7-5-4-6-8-11)12(18)10(2)19-13-14-9-15-16-13/h4-10H,3H2,1-2H3,(H,14,15,16)/t10-/m1/s1. The van der Waals surface area contributed by atoms with Crippen molar-refractivity contribution < 1.29 is 4.79 Å². The summed E-state index contributed by atoms with van der Waals surface area (Å²) in [4.78, 5) is 18.2. The Morgan fingerprint density at radius 1 is 1.42 bits per heavy atom. The summed E-state index contributed by atoms with van der Waals surface area (Å²) in [6.07, 6.45) is 1.44. The number of para-hydroxylation sites is 1. The molecule has 0 fully saturated rings. The van der Waals surface area contributed by atoms with E-state index in [9.17, 15) is 4.79 Å². The quantitative estimate of drug-likeness (QED) is 0.851. The van der Waals surface area contributed by atoms with Crippen LogP contribution in [0, 0.1) is 0 Å². The van der Waals surface area contributed by atoms with E-state index in [1.54, 1.807) is 4.90 Å². The molecule has 19 heavy (non-hydrogen) atoms.